The van der Waals surface area contributed by atoms with E-state index in [0.29, 0.717) is 0 Å². The third-order valence-corrected chi connectivity index (χ3v) is 2.79. The van der Waals surface area contributed by atoms with Crippen molar-refractivity contribution < 1.29 is 24.2 Å². The summed E-state index contributed by atoms with van der Waals surface area (Å²) in [6.45, 7) is 5.35. The minimum Gasteiger partial charge on any atom is -0.476 e. The number of carbonyl (C=O) groups excluding carboxylic acids is 1. The first-order valence-corrected chi connectivity index (χ1v) is 7.51. The first-order chi connectivity index (χ1) is 11.7. The summed E-state index contributed by atoms with van der Waals surface area (Å²) < 4.78 is 10.5. The summed E-state index contributed by atoms with van der Waals surface area (Å²) in [5.74, 6) is -1.48. The summed E-state index contributed by atoms with van der Waals surface area (Å²) in [4.78, 5) is 30.9. The largest absolute Gasteiger partial charge is 0.476 e. The molecule has 0 saturated heterocycles. The maximum atomic E-state index is 11.8. The Morgan fingerprint density at radius 2 is 1.88 bits per heavy atom. The molecule has 2 N–H and O–H groups in total. The molecule has 0 atom stereocenters. The minimum absolute atomic E-state index is 0.0447. The highest BCUT2D eigenvalue weighted by molar-refractivity contribution is 5.89. The van der Waals surface area contributed by atoms with Crippen LogP contribution in [0.1, 0.15) is 36.8 Å². The molecule has 132 valence electrons. The van der Waals surface area contributed by atoms with Crippen LogP contribution < -0.4 is 10.1 Å². The summed E-state index contributed by atoms with van der Waals surface area (Å²) in [5, 5.41) is 11.6. The van der Waals surface area contributed by atoms with Crippen molar-refractivity contribution in [2.24, 2.45) is 0 Å². The third-order valence-electron chi connectivity index (χ3n) is 2.79. The summed E-state index contributed by atoms with van der Waals surface area (Å²) in [7, 11) is 0. The molecule has 1 heterocycles. The molecule has 1 aromatic heterocycles. The maximum Gasteiger partial charge on any atom is 0.413 e. The number of hydrogen-bond donors (Lipinski definition) is 2. The normalized spacial score (nSPS) is 10.8. The van der Waals surface area contributed by atoms with Gasteiger partial charge in [-0.15, -0.1) is 0 Å². The van der Waals surface area contributed by atoms with Gasteiger partial charge < -0.3 is 14.6 Å². The fourth-order valence-electron chi connectivity index (χ4n) is 1.81. The number of ether oxygens (including phenoxy) is 2. The molecule has 1 amide bonds. The van der Waals surface area contributed by atoms with E-state index in [1.807, 2.05) is 30.3 Å². The van der Waals surface area contributed by atoms with Crippen LogP contribution in [0.3, 0.4) is 0 Å². The number of carboxylic acids is 1. The molecule has 0 fully saturated rings. The number of amides is 1. The van der Waals surface area contributed by atoms with E-state index in [4.69, 9.17) is 9.47 Å². The highest BCUT2D eigenvalue weighted by Gasteiger charge is 2.22. The highest BCUT2D eigenvalue weighted by Crippen LogP contribution is 2.20. The van der Waals surface area contributed by atoms with Crippen molar-refractivity contribution in [1.29, 1.82) is 0 Å². The van der Waals surface area contributed by atoms with Crippen molar-refractivity contribution in [3.63, 3.8) is 0 Å². The number of nitrogens with one attached hydrogen (secondary N) is 1. The highest BCUT2D eigenvalue weighted by atomic mass is 16.5. The Morgan fingerprint density at radius 1 is 1.20 bits per heavy atom. The van der Waals surface area contributed by atoms with Gasteiger partial charge in [-0.05, 0) is 26.3 Å². The van der Waals surface area contributed by atoms with Gasteiger partial charge in [-0.2, -0.15) is 0 Å². The van der Waals surface area contributed by atoms with Crippen LogP contribution in [0.2, 0.25) is 0 Å². The van der Waals surface area contributed by atoms with Crippen molar-refractivity contribution in [2.45, 2.75) is 33.0 Å². The number of rotatable bonds is 5. The zero-order chi connectivity index (χ0) is 18.4. The van der Waals surface area contributed by atoms with E-state index in [1.54, 1.807) is 20.8 Å². The van der Waals surface area contributed by atoms with Gasteiger partial charge in [-0.3, -0.25) is 5.32 Å². The molecule has 0 saturated carbocycles. The lowest BCUT2D eigenvalue weighted by molar-refractivity contribution is 0.0668. The quantitative estimate of drug-likeness (QED) is 0.856. The first-order valence-electron chi connectivity index (χ1n) is 7.51. The Kier molecular flexibility index (Phi) is 5.53. The third kappa shape index (κ3) is 5.76. The molecule has 2 aromatic rings. The standard InChI is InChI=1S/C17H19N3O5/c1-17(2,3)25-14-13(15(21)22)19-12(9-18-14)20-16(23)24-10-11-7-5-4-6-8-11/h4-9H,10H2,1-3H3,(H,21,22)(H,19,20,23). The topological polar surface area (TPSA) is 111 Å². The number of carboxylic acid groups (broad SMARTS) is 1. The van der Waals surface area contributed by atoms with E-state index in [-0.39, 0.29) is 18.3 Å². The molecule has 0 radical (unpaired) electrons. The molecule has 1 aromatic carbocycles. The summed E-state index contributed by atoms with van der Waals surface area (Å²) in [5.41, 5.74) is -0.206. The van der Waals surface area contributed by atoms with Crippen molar-refractivity contribution in [3.8, 4) is 5.88 Å². The molecular formula is C17H19N3O5. The lowest BCUT2D eigenvalue weighted by atomic mass is 10.2. The molecule has 0 unspecified atom stereocenters. The van der Waals surface area contributed by atoms with Crippen molar-refractivity contribution >= 4 is 17.9 Å². The summed E-state index contributed by atoms with van der Waals surface area (Å²) >= 11 is 0. The van der Waals surface area contributed by atoms with Gasteiger partial charge in [0, 0.05) is 0 Å². The maximum absolute atomic E-state index is 11.8. The zero-order valence-corrected chi connectivity index (χ0v) is 14.1. The predicted molar refractivity (Wildman–Crippen MR) is 89.6 cm³/mol. The molecule has 0 aliphatic heterocycles. The van der Waals surface area contributed by atoms with Crippen molar-refractivity contribution in [3.05, 3.63) is 47.8 Å². The average molecular weight is 345 g/mol. The predicted octanol–water partition coefficient (Wildman–Crippen LogP) is 3.10. The second-order valence-corrected chi connectivity index (χ2v) is 6.12. The van der Waals surface area contributed by atoms with Crippen LogP contribution in [-0.2, 0) is 11.3 Å². The Balaban J connectivity index is 2.05. The van der Waals surface area contributed by atoms with Crippen LogP contribution in [0.15, 0.2) is 36.5 Å². The number of aromatic carboxylic acids is 1. The van der Waals surface area contributed by atoms with Gasteiger partial charge in [0.2, 0.25) is 11.6 Å². The van der Waals surface area contributed by atoms with E-state index in [1.165, 1.54) is 6.20 Å². The van der Waals surface area contributed by atoms with Crippen LogP contribution in [-0.4, -0.2) is 32.7 Å². The van der Waals surface area contributed by atoms with E-state index < -0.39 is 23.4 Å². The van der Waals surface area contributed by atoms with Gasteiger partial charge >= 0.3 is 12.1 Å². The average Bonchev–Trinajstić information content (AvgIpc) is 2.54. The van der Waals surface area contributed by atoms with Crippen LogP contribution in [0, 0.1) is 0 Å². The zero-order valence-electron chi connectivity index (χ0n) is 14.1. The summed E-state index contributed by atoms with van der Waals surface area (Å²) in [6.07, 6.45) is 0.441. The Hall–Kier alpha value is -3.16. The summed E-state index contributed by atoms with van der Waals surface area (Å²) in [6, 6.07) is 9.14. The number of aromatic nitrogens is 2. The van der Waals surface area contributed by atoms with E-state index in [9.17, 15) is 14.7 Å². The number of carbonyl (C=O) groups is 2. The number of nitrogens with zero attached hydrogens (tertiary/aromatic N) is 2. The fraction of sp³-hybridized carbons (Fsp3) is 0.294. The van der Waals surface area contributed by atoms with Crippen LogP contribution in [0.25, 0.3) is 0 Å². The van der Waals surface area contributed by atoms with Gasteiger partial charge in [0.1, 0.15) is 12.2 Å². The van der Waals surface area contributed by atoms with Gasteiger partial charge in [0.15, 0.2) is 5.82 Å². The van der Waals surface area contributed by atoms with Gasteiger partial charge in [-0.1, -0.05) is 30.3 Å². The van der Waals surface area contributed by atoms with Crippen LogP contribution in [0.5, 0.6) is 5.88 Å². The van der Waals surface area contributed by atoms with E-state index >= 15 is 0 Å². The van der Waals surface area contributed by atoms with Crippen LogP contribution in [0.4, 0.5) is 10.6 Å². The molecule has 2 rings (SSSR count). The lowest BCUT2D eigenvalue weighted by Gasteiger charge is -2.21. The van der Waals surface area contributed by atoms with Crippen molar-refractivity contribution in [1.82, 2.24) is 9.97 Å². The van der Waals surface area contributed by atoms with Gasteiger partial charge in [-0.25, -0.2) is 19.6 Å². The molecule has 8 heteroatoms. The minimum atomic E-state index is -1.31. The number of benzene rings is 1. The first kappa shape index (κ1) is 18.2. The van der Waals surface area contributed by atoms with Crippen LogP contribution >= 0.6 is 0 Å². The molecular weight excluding hydrogens is 326 g/mol. The second-order valence-electron chi connectivity index (χ2n) is 6.12. The second kappa shape index (κ2) is 7.61. The Morgan fingerprint density at radius 3 is 2.48 bits per heavy atom. The molecule has 0 aliphatic carbocycles. The molecule has 0 bridgehead atoms. The van der Waals surface area contributed by atoms with Gasteiger partial charge in [0.25, 0.3) is 0 Å². The number of hydrogen-bond acceptors (Lipinski definition) is 6. The van der Waals surface area contributed by atoms with Gasteiger partial charge in [0.05, 0.1) is 6.20 Å². The molecule has 0 spiro atoms. The molecule has 8 nitrogen and oxygen atoms in total. The monoisotopic (exact) mass is 345 g/mol. The lowest BCUT2D eigenvalue weighted by Crippen LogP contribution is -2.25. The smallest absolute Gasteiger partial charge is 0.413 e. The number of anilines is 1. The Labute approximate surface area is 144 Å². The fourth-order valence-corrected chi connectivity index (χ4v) is 1.81. The van der Waals surface area contributed by atoms with E-state index in [2.05, 4.69) is 15.3 Å². The SMILES string of the molecule is CC(C)(C)Oc1ncc(NC(=O)OCc2ccccc2)nc1C(=O)O. The molecule has 0 aliphatic rings. The van der Waals surface area contributed by atoms with Crippen molar-refractivity contribution in [2.75, 3.05) is 5.32 Å². The molecule has 25 heavy (non-hydrogen) atoms. The van der Waals surface area contributed by atoms with E-state index in [0.717, 1.165) is 5.56 Å². The Bertz CT molecular complexity index is 757.